The van der Waals surface area contributed by atoms with Crippen molar-refractivity contribution in [2.45, 2.75) is 24.7 Å². The van der Waals surface area contributed by atoms with Crippen molar-refractivity contribution in [1.29, 1.82) is 0 Å². The van der Waals surface area contributed by atoms with Crippen LogP contribution in [0.5, 0.6) is 17.4 Å². The predicted molar refractivity (Wildman–Crippen MR) is 78.9 cm³/mol. The molecular weight excluding hydrogens is 282 g/mol. The van der Waals surface area contributed by atoms with Gasteiger partial charge in [0.1, 0.15) is 11.5 Å². The molecular formula is C17H15NO4. The highest BCUT2D eigenvalue weighted by molar-refractivity contribution is 5.88. The van der Waals surface area contributed by atoms with Crippen molar-refractivity contribution in [3.05, 3.63) is 47.2 Å². The van der Waals surface area contributed by atoms with Crippen LogP contribution in [0, 0.1) is 0 Å². The van der Waals surface area contributed by atoms with Gasteiger partial charge in [0.05, 0.1) is 18.4 Å². The first-order valence-corrected chi connectivity index (χ1v) is 7.21. The Morgan fingerprint density at radius 3 is 2.77 bits per heavy atom. The third-order valence-corrected chi connectivity index (χ3v) is 4.46. The van der Waals surface area contributed by atoms with Gasteiger partial charge in [-0.3, -0.25) is 0 Å². The number of carboxylic acids is 1. The summed E-state index contributed by atoms with van der Waals surface area (Å²) in [5.41, 5.74) is 2.17. The molecule has 1 fully saturated rings. The van der Waals surface area contributed by atoms with Crippen molar-refractivity contribution >= 4 is 5.97 Å². The van der Waals surface area contributed by atoms with Crippen LogP contribution in [-0.4, -0.2) is 23.2 Å². The minimum Gasteiger partial charge on any atom is -0.481 e. The molecule has 1 N–H and O–H groups in total. The number of ether oxygens (including phenoxy) is 2. The fourth-order valence-electron chi connectivity index (χ4n) is 3.06. The van der Waals surface area contributed by atoms with E-state index in [1.807, 2.05) is 12.1 Å². The second-order valence-electron chi connectivity index (χ2n) is 5.89. The van der Waals surface area contributed by atoms with E-state index < -0.39 is 5.97 Å². The number of aromatic nitrogens is 1. The summed E-state index contributed by atoms with van der Waals surface area (Å²) in [5, 5.41) is 9.15. The normalized spacial score (nSPS) is 17.0. The highest BCUT2D eigenvalue weighted by Crippen LogP contribution is 2.56. The van der Waals surface area contributed by atoms with Crippen LogP contribution in [0.1, 0.15) is 34.5 Å². The van der Waals surface area contributed by atoms with E-state index in [-0.39, 0.29) is 11.0 Å². The molecule has 2 aromatic rings. The fourth-order valence-corrected chi connectivity index (χ4v) is 3.06. The number of pyridine rings is 1. The van der Waals surface area contributed by atoms with Crippen LogP contribution in [0.4, 0.5) is 0 Å². The Balaban J connectivity index is 1.85. The van der Waals surface area contributed by atoms with Crippen LogP contribution in [-0.2, 0) is 11.8 Å². The van der Waals surface area contributed by atoms with Crippen molar-refractivity contribution < 1.29 is 19.4 Å². The molecule has 5 nitrogen and oxygen atoms in total. The molecule has 0 amide bonds. The summed E-state index contributed by atoms with van der Waals surface area (Å²) in [7, 11) is 1.60. The first-order valence-electron chi connectivity index (χ1n) is 7.21. The molecule has 0 atom stereocenters. The van der Waals surface area contributed by atoms with Gasteiger partial charge in [-0.1, -0.05) is 6.07 Å². The number of rotatable bonds is 2. The smallest absolute Gasteiger partial charge is 0.335 e. The standard InChI is InChI=1S/C17H15NO4/c1-21-14-5-4-12-15(18-14)17(6-7-17)9-11-3-2-10(16(19)20)8-13(11)22-12/h2-5,8H,6-7,9H2,1H3,(H,19,20). The average molecular weight is 297 g/mol. The van der Waals surface area contributed by atoms with Gasteiger partial charge in [-0.15, -0.1) is 0 Å². The number of methoxy groups -OCH3 is 1. The third-order valence-electron chi connectivity index (χ3n) is 4.46. The number of hydrogen-bond donors (Lipinski definition) is 1. The van der Waals surface area contributed by atoms with E-state index in [1.165, 1.54) is 0 Å². The Hall–Kier alpha value is -2.56. The van der Waals surface area contributed by atoms with Crippen molar-refractivity contribution in [3.63, 3.8) is 0 Å². The maximum absolute atomic E-state index is 11.2. The number of benzene rings is 1. The van der Waals surface area contributed by atoms with Gasteiger partial charge in [-0.2, -0.15) is 0 Å². The van der Waals surface area contributed by atoms with Crippen LogP contribution in [0.3, 0.4) is 0 Å². The molecule has 0 bridgehead atoms. The van der Waals surface area contributed by atoms with Crippen molar-refractivity contribution in [2.75, 3.05) is 7.11 Å². The van der Waals surface area contributed by atoms with Crippen LogP contribution >= 0.6 is 0 Å². The molecule has 112 valence electrons. The number of carboxylic acid groups (broad SMARTS) is 1. The van der Waals surface area contributed by atoms with E-state index >= 15 is 0 Å². The van der Waals surface area contributed by atoms with Crippen molar-refractivity contribution in [3.8, 4) is 17.4 Å². The van der Waals surface area contributed by atoms with Gasteiger partial charge in [0.25, 0.3) is 0 Å². The van der Waals surface area contributed by atoms with Gasteiger partial charge in [0, 0.05) is 11.5 Å². The molecule has 0 saturated heterocycles. The fraction of sp³-hybridized carbons (Fsp3) is 0.294. The molecule has 1 aromatic heterocycles. The monoisotopic (exact) mass is 297 g/mol. The van der Waals surface area contributed by atoms with E-state index in [0.29, 0.717) is 17.4 Å². The van der Waals surface area contributed by atoms with Crippen molar-refractivity contribution in [2.24, 2.45) is 0 Å². The van der Waals surface area contributed by atoms with Gasteiger partial charge in [-0.25, -0.2) is 9.78 Å². The molecule has 22 heavy (non-hydrogen) atoms. The largest absolute Gasteiger partial charge is 0.481 e. The van der Waals surface area contributed by atoms with E-state index in [0.717, 1.165) is 30.5 Å². The zero-order valence-electron chi connectivity index (χ0n) is 12.1. The lowest BCUT2D eigenvalue weighted by Gasteiger charge is -2.14. The number of hydrogen-bond acceptors (Lipinski definition) is 4. The zero-order valence-corrected chi connectivity index (χ0v) is 12.1. The highest BCUT2D eigenvalue weighted by Gasteiger charge is 2.49. The summed E-state index contributed by atoms with van der Waals surface area (Å²) in [6.45, 7) is 0. The molecule has 1 aliphatic heterocycles. The summed E-state index contributed by atoms with van der Waals surface area (Å²) in [4.78, 5) is 15.7. The van der Waals surface area contributed by atoms with E-state index in [1.54, 1.807) is 25.3 Å². The van der Waals surface area contributed by atoms with Crippen LogP contribution in [0.2, 0.25) is 0 Å². The maximum Gasteiger partial charge on any atom is 0.335 e. The van der Waals surface area contributed by atoms with E-state index in [9.17, 15) is 4.79 Å². The predicted octanol–water partition coefficient (Wildman–Crippen LogP) is 3.17. The summed E-state index contributed by atoms with van der Waals surface area (Å²) in [5.74, 6) is 0.923. The number of fused-ring (bicyclic) bond motifs is 3. The molecule has 5 heteroatoms. The Kier molecular flexibility index (Phi) is 2.66. The molecule has 2 heterocycles. The number of aromatic carboxylic acids is 1. The van der Waals surface area contributed by atoms with E-state index in [4.69, 9.17) is 14.6 Å². The molecule has 1 aromatic carbocycles. The molecule has 0 radical (unpaired) electrons. The SMILES string of the molecule is COc1ccc2c(n1)C1(CC1)Cc1ccc(C(=O)O)cc1O2. The zero-order chi connectivity index (χ0) is 15.3. The number of carbonyl (C=O) groups is 1. The molecule has 0 unspecified atom stereocenters. The number of nitrogens with zero attached hydrogens (tertiary/aromatic N) is 1. The Morgan fingerprint density at radius 2 is 2.09 bits per heavy atom. The van der Waals surface area contributed by atoms with Gasteiger partial charge < -0.3 is 14.6 Å². The summed E-state index contributed by atoms with van der Waals surface area (Å²) in [6, 6.07) is 8.68. The van der Waals surface area contributed by atoms with Crippen LogP contribution < -0.4 is 9.47 Å². The minimum absolute atomic E-state index is 0.000135. The quantitative estimate of drug-likeness (QED) is 0.922. The topological polar surface area (TPSA) is 68.7 Å². The van der Waals surface area contributed by atoms with Crippen LogP contribution in [0.25, 0.3) is 0 Å². The molecule has 4 rings (SSSR count). The lowest BCUT2D eigenvalue weighted by molar-refractivity contribution is 0.0696. The van der Waals surface area contributed by atoms with Gasteiger partial charge in [0.2, 0.25) is 5.88 Å². The Bertz CT molecular complexity index is 780. The van der Waals surface area contributed by atoms with E-state index in [2.05, 4.69) is 4.98 Å². The summed E-state index contributed by atoms with van der Waals surface area (Å²) in [6.07, 6.45) is 2.93. The minimum atomic E-state index is -0.954. The molecule has 1 aliphatic carbocycles. The molecule has 1 spiro atoms. The Morgan fingerprint density at radius 1 is 1.27 bits per heavy atom. The van der Waals surface area contributed by atoms with Gasteiger partial charge in [0.15, 0.2) is 0 Å². The second kappa shape index (κ2) is 4.47. The summed E-state index contributed by atoms with van der Waals surface area (Å²) < 4.78 is 11.2. The summed E-state index contributed by atoms with van der Waals surface area (Å²) >= 11 is 0. The lowest BCUT2D eigenvalue weighted by Crippen LogP contribution is -2.12. The second-order valence-corrected chi connectivity index (χ2v) is 5.89. The molecule has 2 aliphatic rings. The highest BCUT2D eigenvalue weighted by atomic mass is 16.5. The van der Waals surface area contributed by atoms with Crippen LogP contribution in [0.15, 0.2) is 30.3 Å². The average Bonchev–Trinajstić information content (AvgIpc) is 3.31. The van der Waals surface area contributed by atoms with Gasteiger partial charge >= 0.3 is 5.97 Å². The first-order chi connectivity index (χ1) is 10.6. The van der Waals surface area contributed by atoms with Crippen molar-refractivity contribution in [1.82, 2.24) is 4.98 Å². The first kappa shape index (κ1) is 13.1. The van der Waals surface area contributed by atoms with Gasteiger partial charge in [-0.05, 0) is 43.0 Å². The maximum atomic E-state index is 11.2. The Labute approximate surface area is 127 Å². The molecule has 1 saturated carbocycles. The third kappa shape index (κ3) is 1.93. The lowest BCUT2D eigenvalue weighted by atomic mass is 9.92.